The van der Waals surface area contributed by atoms with Crippen molar-refractivity contribution in [3.05, 3.63) is 58.1 Å². The Bertz CT molecular complexity index is 839. The Morgan fingerprint density at radius 2 is 2.00 bits per heavy atom. The molecule has 1 N–H and O–H groups in total. The highest BCUT2D eigenvalue weighted by molar-refractivity contribution is 5.96. The molecule has 1 aliphatic rings. The van der Waals surface area contributed by atoms with Crippen molar-refractivity contribution in [1.29, 1.82) is 0 Å². The molecule has 1 heterocycles. The first-order chi connectivity index (χ1) is 12.5. The molecular formula is C18H19N3O5. The Hall–Kier alpha value is -3.13. The molecule has 0 unspecified atom stereocenters. The third-order valence-electron chi connectivity index (χ3n) is 4.27. The molecule has 0 radical (unpaired) electrons. The van der Waals surface area contributed by atoms with Crippen LogP contribution in [-0.4, -0.2) is 35.6 Å². The molecular weight excluding hydrogens is 338 g/mol. The van der Waals surface area contributed by atoms with Crippen LogP contribution in [0.1, 0.15) is 12.5 Å². The van der Waals surface area contributed by atoms with Gasteiger partial charge >= 0.3 is 0 Å². The van der Waals surface area contributed by atoms with Gasteiger partial charge in [0, 0.05) is 12.6 Å². The van der Waals surface area contributed by atoms with Crippen molar-refractivity contribution in [1.82, 2.24) is 4.90 Å². The number of hydrogen-bond acceptors (Lipinski definition) is 6. The maximum atomic E-state index is 12.5. The predicted octanol–water partition coefficient (Wildman–Crippen LogP) is 2.78. The summed E-state index contributed by atoms with van der Waals surface area (Å²) in [6.07, 6.45) is 0. The summed E-state index contributed by atoms with van der Waals surface area (Å²) in [4.78, 5) is 24.9. The monoisotopic (exact) mass is 357 g/mol. The van der Waals surface area contributed by atoms with Crippen molar-refractivity contribution in [2.24, 2.45) is 0 Å². The molecule has 0 spiro atoms. The van der Waals surface area contributed by atoms with Gasteiger partial charge in [0.15, 0.2) is 11.5 Å². The van der Waals surface area contributed by atoms with E-state index in [1.54, 1.807) is 19.1 Å². The molecule has 8 nitrogen and oxygen atoms in total. The molecule has 0 bridgehead atoms. The first kappa shape index (κ1) is 17.7. The summed E-state index contributed by atoms with van der Waals surface area (Å²) in [5.41, 5.74) is 1.03. The molecule has 0 saturated carbocycles. The van der Waals surface area contributed by atoms with E-state index in [0.29, 0.717) is 18.0 Å². The minimum Gasteiger partial charge on any atom is -0.454 e. The molecule has 0 saturated heterocycles. The third kappa shape index (κ3) is 3.75. The van der Waals surface area contributed by atoms with Crippen LogP contribution in [0.2, 0.25) is 0 Å². The summed E-state index contributed by atoms with van der Waals surface area (Å²) in [5.74, 6) is 1.08. The first-order valence-electron chi connectivity index (χ1n) is 8.09. The van der Waals surface area contributed by atoms with Gasteiger partial charge in [-0.15, -0.1) is 0 Å². The number of benzene rings is 2. The van der Waals surface area contributed by atoms with Crippen LogP contribution < -0.4 is 14.8 Å². The van der Waals surface area contributed by atoms with Crippen molar-refractivity contribution in [2.45, 2.75) is 19.5 Å². The van der Waals surface area contributed by atoms with Crippen molar-refractivity contribution >= 4 is 17.3 Å². The van der Waals surface area contributed by atoms with Gasteiger partial charge in [-0.2, -0.15) is 0 Å². The molecule has 0 aromatic heterocycles. The maximum absolute atomic E-state index is 12.5. The summed E-state index contributed by atoms with van der Waals surface area (Å²) in [5, 5.41) is 13.7. The van der Waals surface area contributed by atoms with Crippen LogP contribution in [0.15, 0.2) is 42.5 Å². The van der Waals surface area contributed by atoms with Gasteiger partial charge in [0.25, 0.3) is 5.69 Å². The first-order valence-corrected chi connectivity index (χ1v) is 8.09. The van der Waals surface area contributed by atoms with Gasteiger partial charge in [-0.05, 0) is 37.7 Å². The number of fused-ring (bicyclic) bond motifs is 1. The van der Waals surface area contributed by atoms with Crippen LogP contribution in [0.4, 0.5) is 11.4 Å². The van der Waals surface area contributed by atoms with Crippen LogP contribution in [0.5, 0.6) is 11.5 Å². The zero-order chi connectivity index (χ0) is 18.7. The minimum absolute atomic E-state index is 0.133. The number of hydrogen-bond donors (Lipinski definition) is 1. The Balaban J connectivity index is 1.65. The van der Waals surface area contributed by atoms with Crippen molar-refractivity contribution in [3.63, 3.8) is 0 Å². The van der Waals surface area contributed by atoms with Crippen LogP contribution in [-0.2, 0) is 11.3 Å². The number of nitro benzene ring substituents is 1. The second-order valence-corrected chi connectivity index (χ2v) is 6.04. The van der Waals surface area contributed by atoms with E-state index in [-0.39, 0.29) is 24.1 Å². The summed E-state index contributed by atoms with van der Waals surface area (Å²) < 4.78 is 10.6. The molecule has 1 amide bonds. The van der Waals surface area contributed by atoms with Crippen molar-refractivity contribution < 1.29 is 19.2 Å². The molecule has 8 heteroatoms. The van der Waals surface area contributed by atoms with Crippen LogP contribution >= 0.6 is 0 Å². The molecule has 1 aliphatic heterocycles. The molecule has 2 aromatic rings. The number of carbonyl (C=O) groups is 1. The van der Waals surface area contributed by atoms with Gasteiger partial charge in [0.05, 0.1) is 11.0 Å². The van der Waals surface area contributed by atoms with E-state index in [0.717, 1.165) is 5.56 Å². The van der Waals surface area contributed by atoms with E-state index < -0.39 is 11.0 Å². The van der Waals surface area contributed by atoms with Crippen molar-refractivity contribution in [2.75, 3.05) is 19.2 Å². The van der Waals surface area contributed by atoms with E-state index in [4.69, 9.17) is 9.47 Å². The lowest BCUT2D eigenvalue weighted by Crippen LogP contribution is -2.39. The summed E-state index contributed by atoms with van der Waals surface area (Å²) in [6.45, 7) is 2.47. The Kier molecular flexibility index (Phi) is 5.04. The minimum atomic E-state index is -0.517. The van der Waals surface area contributed by atoms with Gasteiger partial charge in [-0.25, -0.2) is 0 Å². The molecule has 0 aliphatic carbocycles. The Labute approximate surface area is 150 Å². The lowest BCUT2D eigenvalue weighted by Gasteiger charge is -2.24. The predicted molar refractivity (Wildman–Crippen MR) is 95.2 cm³/mol. The third-order valence-corrected chi connectivity index (χ3v) is 4.27. The molecule has 26 heavy (non-hydrogen) atoms. The van der Waals surface area contributed by atoms with Crippen LogP contribution in [0, 0.1) is 10.1 Å². The number of nitrogens with one attached hydrogen (secondary N) is 1. The number of nitro groups is 1. The summed E-state index contributed by atoms with van der Waals surface area (Å²) >= 11 is 0. The standard InChI is InChI=1S/C18H19N3O5/c1-12(18(22)19-14-5-3-4-6-15(14)21(23)24)20(2)10-13-7-8-16-17(9-13)26-11-25-16/h3-9,12H,10-11H2,1-2H3,(H,19,22)/t12-/m1/s1. The van der Waals surface area contributed by atoms with Gasteiger partial charge in [-0.3, -0.25) is 19.8 Å². The lowest BCUT2D eigenvalue weighted by molar-refractivity contribution is -0.383. The number of rotatable bonds is 6. The van der Waals surface area contributed by atoms with Crippen molar-refractivity contribution in [3.8, 4) is 11.5 Å². The Morgan fingerprint density at radius 3 is 2.77 bits per heavy atom. The number of carbonyl (C=O) groups excluding carboxylic acids is 1. The molecule has 2 aromatic carbocycles. The zero-order valence-corrected chi connectivity index (χ0v) is 14.5. The van der Waals surface area contributed by atoms with Gasteiger partial charge < -0.3 is 14.8 Å². The summed E-state index contributed by atoms with van der Waals surface area (Å²) in [7, 11) is 1.81. The number of nitrogens with zero attached hydrogens (tertiary/aromatic N) is 2. The largest absolute Gasteiger partial charge is 0.454 e. The highest BCUT2D eigenvalue weighted by Gasteiger charge is 2.22. The maximum Gasteiger partial charge on any atom is 0.292 e. The number of anilines is 1. The van der Waals surface area contributed by atoms with Crippen LogP contribution in [0.25, 0.3) is 0 Å². The second kappa shape index (κ2) is 7.40. The van der Waals surface area contributed by atoms with E-state index in [1.165, 1.54) is 12.1 Å². The number of amides is 1. The topological polar surface area (TPSA) is 93.9 Å². The lowest BCUT2D eigenvalue weighted by atomic mass is 10.1. The normalized spacial score (nSPS) is 13.5. The average Bonchev–Trinajstić information content (AvgIpc) is 3.09. The summed E-state index contributed by atoms with van der Waals surface area (Å²) in [6, 6.07) is 11.2. The fourth-order valence-electron chi connectivity index (χ4n) is 2.64. The second-order valence-electron chi connectivity index (χ2n) is 6.04. The van der Waals surface area contributed by atoms with Crippen LogP contribution in [0.3, 0.4) is 0 Å². The number of para-hydroxylation sites is 2. The van der Waals surface area contributed by atoms with Gasteiger partial charge in [0.2, 0.25) is 12.7 Å². The van der Waals surface area contributed by atoms with E-state index >= 15 is 0 Å². The van der Waals surface area contributed by atoms with Gasteiger partial charge in [-0.1, -0.05) is 18.2 Å². The average molecular weight is 357 g/mol. The van der Waals surface area contributed by atoms with E-state index in [1.807, 2.05) is 30.1 Å². The number of likely N-dealkylation sites (N-methyl/N-ethyl adjacent to an activating group) is 1. The highest BCUT2D eigenvalue weighted by atomic mass is 16.7. The fraction of sp³-hybridized carbons (Fsp3) is 0.278. The molecule has 0 fully saturated rings. The Morgan fingerprint density at radius 1 is 1.27 bits per heavy atom. The fourth-order valence-corrected chi connectivity index (χ4v) is 2.64. The quantitative estimate of drug-likeness (QED) is 0.631. The molecule has 136 valence electrons. The van der Waals surface area contributed by atoms with Gasteiger partial charge in [0.1, 0.15) is 5.69 Å². The smallest absolute Gasteiger partial charge is 0.292 e. The number of ether oxygens (including phenoxy) is 2. The van der Waals surface area contributed by atoms with E-state index in [2.05, 4.69) is 5.32 Å². The molecule has 1 atom stereocenters. The zero-order valence-electron chi connectivity index (χ0n) is 14.5. The highest BCUT2D eigenvalue weighted by Crippen LogP contribution is 2.33. The molecule has 3 rings (SSSR count). The van der Waals surface area contributed by atoms with E-state index in [9.17, 15) is 14.9 Å². The SMILES string of the molecule is C[C@H](C(=O)Nc1ccccc1[N+](=O)[O-])N(C)Cc1ccc2c(c1)OCO2.